The van der Waals surface area contributed by atoms with E-state index in [9.17, 15) is 9.59 Å². The molecule has 6 heteroatoms. The summed E-state index contributed by atoms with van der Waals surface area (Å²) in [5, 5.41) is 2.46. The van der Waals surface area contributed by atoms with Crippen LogP contribution in [0.5, 0.6) is 0 Å². The number of methoxy groups -OCH3 is 1. The van der Waals surface area contributed by atoms with Gasteiger partial charge in [0.05, 0.1) is 13.7 Å². The topological polar surface area (TPSA) is 59.5 Å². The lowest BCUT2D eigenvalue weighted by atomic mass is 9.94. The molecule has 1 saturated carbocycles. The second-order valence-electron chi connectivity index (χ2n) is 5.06. The number of carbonyl (C=O) groups is 2. The fourth-order valence-electron chi connectivity index (χ4n) is 2.62. The molecular weight excluding hydrogens is 276 g/mol. The molecule has 1 heterocycles. The van der Waals surface area contributed by atoms with E-state index in [-0.39, 0.29) is 5.91 Å². The summed E-state index contributed by atoms with van der Waals surface area (Å²) in [4.78, 5) is 29.4. The van der Waals surface area contributed by atoms with Gasteiger partial charge in [-0.25, -0.2) is 9.78 Å². The lowest BCUT2D eigenvalue weighted by molar-refractivity contribution is -0.132. The maximum Gasteiger partial charge on any atom is 0.357 e. The third-order valence-corrected chi connectivity index (χ3v) is 4.51. The van der Waals surface area contributed by atoms with Gasteiger partial charge in [0.25, 0.3) is 0 Å². The lowest BCUT2D eigenvalue weighted by Gasteiger charge is -2.33. The molecule has 0 unspecified atom stereocenters. The second-order valence-corrected chi connectivity index (χ2v) is 6.00. The molecule has 1 aliphatic carbocycles. The van der Waals surface area contributed by atoms with Crippen molar-refractivity contribution >= 4 is 23.2 Å². The van der Waals surface area contributed by atoms with E-state index in [0.717, 1.165) is 17.8 Å². The van der Waals surface area contributed by atoms with Crippen molar-refractivity contribution in [2.45, 2.75) is 51.6 Å². The molecule has 0 bridgehead atoms. The predicted molar refractivity (Wildman–Crippen MR) is 76.6 cm³/mol. The van der Waals surface area contributed by atoms with Crippen molar-refractivity contribution in [3.63, 3.8) is 0 Å². The van der Waals surface area contributed by atoms with Gasteiger partial charge in [-0.15, -0.1) is 11.3 Å². The minimum atomic E-state index is -0.431. The molecule has 0 radical (unpaired) electrons. The number of amides is 1. The van der Waals surface area contributed by atoms with Crippen LogP contribution in [-0.2, 0) is 16.1 Å². The summed E-state index contributed by atoms with van der Waals surface area (Å²) in [6.07, 6.45) is 5.75. The first-order chi connectivity index (χ1) is 9.61. The first kappa shape index (κ1) is 15.0. The summed E-state index contributed by atoms with van der Waals surface area (Å²) in [5.41, 5.74) is 0.319. The fourth-order valence-corrected chi connectivity index (χ4v) is 3.38. The van der Waals surface area contributed by atoms with E-state index in [1.165, 1.54) is 37.7 Å². The Morgan fingerprint density at radius 1 is 1.40 bits per heavy atom. The number of carbonyl (C=O) groups excluding carboxylic acids is 2. The Morgan fingerprint density at radius 3 is 2.70 bits per heavy atom. The standard InChI is InChI=1S/C14H20N2O3S/c1-10(17)16(11-6-4-3-5-7-11)8-13-15-12(9-20-13)14(18)19-2/h9,11H,3-8H2,1-2H3. The quantitative estimate of drug-likeness (QED) is 0.801. The van der Waals surface area contributed by atoms with Crippen LogP contribution in [0.15, 0.2) is 5.38 Å². The molecule has 1 amide bonds. The molecule has 1 aliphatic rings. The average molecular weight is 296 g/mol. The van der Waals surface area contributed by atoms with E-state index in [2.05, 4.69) is 9.72 Å². The van der Waals surface area contributed by atoms with Crippen LogP contribution in [0.4, 0.5) is 0 Å². The zero-order valence-corrected chi connectivity index (χ0v) is 12.7. The Labute approximate surface area is 122 Å². The number of hydrogen-bond acceptors (Lipinski definition) is 5. The molecule has 1 aromatic rings. The molecule has 0 aliphatic heterocycles. The molecule has 0 spiro atoms. The molecule has 5 nitrogen and oxygen atoms in total. The number of aromatic nitrogens is 1. The van der Waals surface area contributed by atoms with E-state index in [4.69, 9.17) is 0 Å². The molecule has 20 heavy (non-hydrogen) atoms. The molecule has 110 valence electrons. The minimum absolute atomic E-state index is 0.0757. The summed E-state index contributed by atoms with van der Waals surface area (Å²) in [6.45, 7) is 2.09. The zero-order chi connectivity index (χ0) is 14.5. The van der Waals surface area contributed by atoms with E-state index in [0.29, 0.717) is 18.3 Å². The first-order valence-corrected chi connectivity index (χ1v) is 7.79. The molecular formula is C14H20N2O3S. The Hall–Kier alpha value is -1.43. The summed E-state index contributed by atoms with van der Waals surface area (Å²) in [7, 11) is 1.34. The number of hydrogen-bond donors (Lipinski definition) is 0. The maximum atomic E-state index is 11.9. The highest BCUT2D eigenvalue weighted by atomic mass is 32.1. The van der Waals surface area contributed by atoms with Gasteiger partial charge >= 0.3 is 5.97 Å². The first-order valence-electron chi connectivity index (χ1n) is 6.91. The van der Waals surface area contributed by atoms with Crippen molar-refractivity contribution in [1.29, 1.82) is 0 Å². The van der Waals surface area contributed by atoms with E-state index < -0.39 is 5.97 Å². The number of esters is 1. The SMILES string of the molecule is COC(=O)c1csc(CN(C(C)=O)C2CCCCC2)n1. The van der Waals surface area contributed by atoms with Gasteiger partial charge in [0.15, 0.2) is 5.69 Å². The van der Waals surface area contributed by atoms with Crippen molar-refractivity contribution < 1.29 is 14.3 Å². The summed E-state index contributed by atoms with van der Waals surface area (Å²) >= 11 is 1.40. The van der Waals surface area contributed by atoms with Crippen LogP contribution in [-0.4, -0.2) is 34.9 Å². The highest BCUT2D eigenvalue weighted by Gasteiger charge is 2.24. The zero-order valence-electron chi connectivity index (χ0n) is 11.9. The van der Waals surface area contributed by atoms with Gasteiger partial charge in [-0.3, -0.25) is 4.79 Å². The van der Waals surface area contributed by atoms with E-state index in [1.807, 2.05) is 4.90 Å². The van der Waals surface area contributed by atoms with Gasteiger partial charge in [0.2, 0.25) is 5.91 Å². The third kappa shape index (κ3) is 3.56. The van der Waals surface area contributed by atoms with Crippen molar-refractivity contribution in [2.75, 3.05) is 7.11 Å². The highest BCUT2D eigenvalue weighted by Crippen LogP contribution is 2.25. The van der Waals surface area contributed by atoms with Gasteiger partial charge in [0.1, 0.15) is 5.01 Å². The average Bonchev–Trinajstić information content (AvgIpc) is 2.93. The van der Waals surface area contributed by atoms with E-state index >= 15 is 0 Å². The second kappa shape index (κ2) is 6.83. The van der Waals surface area contributed by atoms with Crippen LogP contribution in [0, 0.1) is 0 Å². The van der Waals surface area contributed by atoms with Gasteiger partial charge in [-0.1, -0.05) is 19.3 Å². The van der Waals surface area contributed by atoms with Crippen molar-refractivity contribution in [3.8, 4) is 0 Å². The molecule has 1 aromatic heterocycles. The van der Waals surface area contributed by atoms with Gasteiger partial charge in [0, 0.05) is 18.3 Å². The number of nitrogens with zero attached hydrogens (tertiary/aromatic N) is 2. The van der Waals surface area contributed by atoms with Crippen LogP contribution in [0.3, 0.4) is 0 Å². The highest BCUT2D eigenvalue weighted by molar-refractivity contribution is 7.09. The van der Waals surface area contributed by atoms with Crippen LogP contribution >= 0.6 is 11.3 Å². The van der Waals surface area contributed by atoms with Gasteiger partial charge in [-0.2, -0.15) is 0 Å². The van der Waals surface area contributed by atoms with Gasteiger partial charge < -0.3 is 9.64 Å². The largest absolute Gasteiger partial charge is 0.464 e. The van der Waals surface area contributed by atoms with Crippen LogP contribution in [0.1, 0.15) is 54.5 Å². The lowest BCUT2D eigenvalue weighted by Crippen LogP contribution is -2.39. The smallest absolute Gasteiger partial charge is 0.357 e. The van der Waals surface area contributed by atoms with Crippen molar-refractivity contribution in [1.82, 2.24) is 9.88 Å². The molecule has 1 fully saturated rings. The monoisotopic (exact) mass is 296 g/mol. The Kier molecular flexibility index (Phi) is 5.11. The normalized spacial score (nSPS) is 15.9. The Morgan fingerprint density at radius 2 is 2.10 bits per heavy atom. The summed E-state index contributed by atoms with van der Waals surface area (Å²) in [6, 6.07) is 0.312. The Bertz CT molecular complexity index is 481. The fraction of sp³-hybridized carbons (Fsp3) is 0.643. The molecule has 0 N–H and O–H groups in total. The summed E-state index contributed by atoms with van der Waals surface area (Å²) < 4.78 is 4.64. The Balaban J connectivity index is 2.05. The van der Waals surface area contributed by atoms with Crippen molar-refractivity contribution in [2.24, 2.45) is 0 Å². The number of ether oxygens (including phenoxy) is 1. The number of rotatable bonds is 4. The van der Waals surface area contributed by atoms with Crippen LogP contribution in [0.25, 0.3) is 0 Å². The molecule has 0 atom stereocenters. The minimum Gasteiger partial charge on any atom is -0.464 e. The van der Waals surface area contributed by atoms with Crippen LogP contribution < -0.4 is 0 Å². The molecule has 2 rings (SSSR count). The van der Waals surface area contributed by atoms with Gasteiger partial charge in [-0.05, 0) is 12.8 Å². The number of thiazole rings is 1. The molecule has 0 aromatic carbocycles. The van der Waals surface area contributed by atoms with Crippen LogP contribution in [0.2, 0.25) is 0 Å². The van der Waals surface area contributed by atoms with Crippen molar-refractivity contribution in [3.05, 3.63) is 16.1 Å². The predicted octanol–water partition coefficient (Wildman–Crippen LogP) is 2.61. The third-order valence-electron chi connectivity index (χ3n) is 3.67. The summed E-state index contributed by atoms with van der Waals surface area (Å²) in [5.74, 6) is -0.355. The van der Waals surface area contributed by atoms with E-state index in [1.54, 1.807) is 12.3 Å². The molecule has 0 saturated heterocycles. The maximum absolute atomic E-state index is 11.9.